The number of carbonyl (C=O) groups excluding carboxylic acids is 1. The maximum atomic E-state index is 11.9. The lowest BCUT2D eigenvalue weighted by atomic mass is 10.1. The molecule has 0 aromatic heterocycles. The molecule has 0 aliphatic heterocycles. The van der Waals surface area contributed by atoms with Crippen molar-refractivity contribution in [3.8, 4) is 0 Å². The predicted molar refractivity (Wildman–Crippen MR) is 70.8 cm³/mol. The first kappa shape index (κ1) is 13.4. The Morgan fingerprint density at radius 1 is 1.44 bits per heavy atom. The molecule has 1 aliphatic rings. The molecule has 0 saturated heterocycles. The van der Waals surface area contributed by atoms with Crippen LogP contribution in [0.5, 0.6) is 0 Å². The highest BCUT2D eigenvalue weighted by molar-refractivity contribution is 9.10. The Kier molecular flexibility index (Phi) is 3.92. The predicted octanol–water partition coefficient (Wildman–Crippen LogP) is 2.70. The van der Waals surface area contributed by atoms with Crippen molar-refractivity contribution < 1.29 is 14.7 Å². The molecule has 0 radical (unpaired) electrons. The zero-order valence-corrected chi connectivity index (χ0v) is 11.7. The molecule has 0 heterocycles. The molecular formula is C12H11BrClNO3. The first-order valence-electron chi connectivity index (χ1n) is 5.48. The van der Waals surface area contributed by atoms with Crippen LogP contribution in [-0.4, -0.2) is 23.0 Å². The van der Waals surface area contributed by atoms with E-state index in [9.17, 15) is 9.59 Å². The number of carbonyl (C=O) groups is 2. The average molecular weight is 333 g/mol. The molecule has 1 fully saturated rings. The van der Waals surface area contributed by atoms with Crippen LogP contribution in [-0.2, 0) is 4.79 Å². The van der Waals surface area contributed by atoms with E-state index in [2.05, 4.69) is 21.2 Å². The zero-order chi connectivity index (χ0) is 13.3. The van der Waals surface area contributed by atoms with E-state index in [1.807, 2.05) is 0 Å². The minimum absolute atomic E-state index is 0.0423. The third kappa shape index (κ3) is 3.03. The molecule has 1 unspecified atom stereocenters. The van der Waals surface area contributed by atoms with Crippen molar-refractivity contribution >= 4 is 39.4 Å². The molecule has 1 aromatic rings. The highest BCUT2D eigenvalue weighted by Gasteiger charge is 2.37. The Labute approximate surface area is 117 Å². The fraction of sp³-hybridized carbons (Fsp3) is 0.333. The smallest absolute Gasteiger partial charge is 0.326 e. The normalized spacial score (nSPS) is 16.1. The van der Waals surface area contributed by atoms with Crippen LogP contribution in [0.25, 0.3) is 0 Å². The number of hydrogen-bond acceptors (Lipinski definition) is 2. The number of amides is 1. The number of nitrogens with one attached hydrogen (secondary N) is 1. The lowest BCUT2D eigenvalue weighted by Crippen LogP contribution is -2.42. The van der Waals surface area contributed by atoms with Gasteiger partial charge in [0.25, 0.3) is 5.91 Å². The fourth-order valence-electron chi connectivity index (χ4n) is 1.70. The molecular weight excluding hydrogens is 321 g/mol. The Bertz CT molecular complexity index is 502. The summed E-state index contributed by atoms with van der Waals surface area (Å²) in [6.07, 6.45) is 1.68. The molecule has 0 bridgehead atoms. The van der Waals surface area contributed by atoms with Crippen molar-refractivity contribution in [1.29, 1.82) is 0 Å². The minimum atomic E-state index is -1.00. The summed E-state index contributed by atoms with van der Waals surface area (Å²) in [6.45, 7) is 0. The number of benzene rings is 1. The number of aliphatic carboxylic acids is 1. The van der Waals surface area contributed by atoms with E-state index in [1.54, 1.807) is 18.2 Å². The standard InChI is InChI=1S/C12H11BrClNO3/c13-7-3-4-8(9(14)5-7)11(16)15-10(12(17)18)6-1-2-6/h3-6,10H,1-2H2,(H,15,16)(H,17,18). The summed E-state index contributed by atoms with van der Waals surface area (Å²) in [5.41, 5.74) is 0.284. The fourth-order valence-corrected chi connectivity index (χ4v) is 2.46. The molecule has 0 spiro atoms. The molecule has 96 valence electrons. The highest BCUT2D eigenvalue weighted by atomic mass is 79.9. The van der Waals surface area contributed by atoms with Crippen LogP contribution in [0.1, 0.15) is 23.2 Å². The summed E-state index contributed by atoms with van der Waals surface area (Å²) >= 11 is 9.19. The van der Waals surface area contributed by atoms with E-state index in [1.165, 1.54) is 0 Å². The number of carboxylic acid groups (broad SMARTS) is 1. The maximum Gasteiger partial charge on any atom is 0.326 e. The summed E-state index contributed by atoms with van der Waals surface area (Å²) in [7, 11) is 0. The van der Waals surface area contributed by atoms with Crippen LogP contribution in [0.15, 0.2) is 22.7 Å². The second kappa shape index (κ2) is 5.28. The number of carboxylic acids is 1. The second-order valence-corrected chi connectivity index (χ2v) is 5.57. The summed E-state index contributed by atoms with van der Waals surface area (Å²) in [5, 5.41) is 11.8. The zero-order valence-electron chi connectivity index (χ0n) is 9.32. The van der Waals surface area contributed by atoms with E-state index in [-0.39, 0.29) is 11.5 Å². The summed E-state index contributed by atoms with van der Waals surface area (Å²) in [5.74, 6) is -1.41. The number of halogens is 2. The van der Waals surface area contributed by atoms with Gasteiger partial charge in [0.1, 0.15) is 6.04 Å². The average Bonchev–Trinajstić information content (AvgIpc) is 3.08. The molecule has 6 heteroatoms. The third-order valence-electron chi connectivity index (χ3n) is 2.82. The third-order valence-corrected chi connectivity index (χ3v) is 3.63. The van der Waals surface area contributed by atoms with Gasteiger partial charge in [-0.1, -0.05) is 27.5 Å². The first-order valence-corrected chi connectivity index (χ1v) is 6.65. The Morgan fingerprint density at radius 3 is 2.61 bits per heavy atom. The van der Waals surface area contributed by atoms with Gasteiger partial charge in [-0.05, 0) is 37.0 Å². The van der Waals surface area contributed by atoms with Crippen LogP contribution in [0.3, 0.4) is 0 Å². The topological polar surface area (TPSA) is 66.4 Å². The second-order valence-electron chi connectivity index (χ2n) is 4.25. The highest BCUT2D eigenvalue weighted by Crippen LogP contribution is 2.33. The molecule has 1 aromatic carbocycles. The van der Waals surface area contributed by atoms with Gasteiger partial charge < -0.3 is 10.4 Å². The van der Waals surface area contributed by atoms with Gasteiger partial charge in [0.2, 0.25) is 0 Å². The van der Waals surface area contributed by atoms with E-state index in [4.69, 9.17) is 16.7 Å². The van der Waals surface area contributed by atoms with Crippen molar-refractivity contribution in [3.05, 3.63) is 33.3 Å². The van der Waals surface area contributed by atoms with Crippen molar-refractivity contribution in [1.82, 2.24) is 5.32 Å². The van der Waals surface area contributed by atoms with Gasteiger partial charge in [0.05, 0.1) is 10.6 Å². The molecule has 4 nitrogen and oxygen atoms in total. The largest absolute Gasteiger partial charge is 0.480 e. The van der Waals surface area contributed by atoms with Gasteiger partial charge in [-0.15, -0.1) is 0 Å². The van der Waals surface area contributed by atoms with Crippen LogP contribution in [0.2, 0.25) is 5.02 Å². The molecule has 1 atom stereocenters. The maximum absolute atomic E-state index is 11.9. The van der Waals surface area contributed by atoms with E-state index in [0.29, 0.717) is 5.02 Å². The van der Waals surface area contributed by atoms with Gasteiger partial charge in [0.15, 0.2) is 0 Å². The van der Waals surface area contributed by atoms with Gasteiger partial charge >= 0.3 is 5.97 Å². The number of hydrogen-bond donors (Lipinski definition) is 2. The van der Waals surface area contributed by atoms with Crippen LogP contribution < -0.4 is 5.32 Å². The Hall–Kier alpha value is -1.07. The van der Waals surface area contributed by atoms with E-state index < -0.39 is 17.9 Å². The summed E-state index contributed by atoms with van der Waals surface area (Å²) in [6, 6.07) is 4.03. The lowest BCUT2D eigenvalue weighted by molar-refractivity contribution is -0.139. The summed E-state index contributed by atoms with van der Waals surface area (Å²) in [4.78, 5) is 23.0. The lowest BCUT2D eigenvalue weighted by Gasteiger charge is -2.14. The Balaban J connectivity index is 2.13. The van der Waals surface area contributed by atoms with E-state index in [0.717, 1.165) is 17.3 Å². The van der Waals surface area contributed by atoms with Gasteiger partial charge in [-0.2, -0.15) is 0 Å². The number of rotatable bonds is 4. The Morgan fingerprint density at radius 2 is 2.11 bits per heavy atom. The van der Waals surface area contributed by atoms with E-state index >= 15 is 0 Å². The van der Waals surface area contributed by atoms with Crippen molar-refractivity contribution in [2.45, 2.75) is 18.9 Å². The van der Waals surface area contributed by atoms with Gasteiger partial charge in [0, 0.05) is 4.47 Å². The monoisotopic (exact) mass is 331 g/mol. The first-order chi connectivity index (χ1) is 8.49. The van der Waals surface area contributed by atoms with Crippen LogP contribution in [0, 0.1) is 5.92 Å². The van der Waals surface area contributed by atoms with Gasteiger partial charge in [-0.25, -0.2) is 4.79 Å². The van der Waals surface area contributed by atoms with Crippen molar-refractivity contribution in [2.24, 2.45) is 5.92 Å². The molecule has 1 amide bonds. The molecule has 1 saturated carbocycles. The molecule has 1 aliphatic carbocycles. The SMILES string of the molecule is O=C(NC(C(=O)O)C1CC1)c1ccc(Br)cc1Cl. The summed E-state index contributed by atoms with van der Waals surface area (Å²) < 4.78 is 0.765. The van der Waals surface area contributed by atoms with Crippen LogP contribution in [0.4, 0.5) is 0 Å². The minimum Gasteiger partial charge on any atom is -0.480 e. The van der Waals surface area contributed by atoms with Gasteiger partial charge in [-0.3, -0.25) is 4.79 Å². The van der Waals surface area contributed by atoms with Crippen molar-refractivity contribution in [2.75, 3.05) is 0 Å². The van der Waals surface area contributed by atoms with Crippen LogP contribution >= 0.6 is 27.5 Å². The molecule has 2 N–H and O–H groups in total. The molecule has 18 heavy (non-hydrogen) atoms. The molecule has 2 rings (SSSR count). The van der Waals surface area contributed by atoms with Crippen molar-refractivity contribution in [3.63, 3.8) is 0 Å². The quantitative estimate of drug-likeness (QED) is 0.891.